The van der Waals surface area contributed by atoms with Crippen molar-refractivity contribution in [1.82, 2.24) is 0 Å². The first-order chi connectivity index (χ1) is 7.77. The Morgan fingerprint density at radius 1 is 1.31 bits per heavy atom. The van der Waals surface area contributed by atoms with Gasteiger partial charge in [0.05, 0.1) is 5.70 Å². The molecule has 0 aliphatic rings. The lowest BCUT2D eigenvalue weighted by Crippen LogP contribution is -2.06. The summed E-state index contributed by atoms with van der Waals surface area (Å²) < 4.78 is 0. The minimum Gasteiger partial charge on any atom is -0.405 e. The lowest BCUT2D eigenvalue weighted by molar-refractivity contribution is 1.04. The maximum Gasteiger partial charge on any atom is 0.0633 e. The van der Waals surface area contributed by atoms with Gasteiger partial charge in [-0.15, -0.1) is 0 Å². The normalized spacial score (nSPS) is 11.9. The summed E-state index contributed by atoms with van der Waals surface area (Å²) >= 11 is 0. The molecule has 84 valence electrons. The van der Waals surface area contributed by atoms with E-state index in [1.807, 2.05) is 30.3 Å². The number of rotatable bonds is 5. The van der Waals surface area contributed by atoms with Crippen molar-refractivity contribution in [1.29, 1.82) is 0 Å². The Morgan fingerprint density at radius 2 is 2.00 bits per heavy atom. The van der Waals surface area contributed by atoms with Crippen molar-refractivity contribution in [3.8, 4) is 0 Å². The molecule has 4 N–H and O–H groups in total. The molecule has 1 aromatic carbocycles. The van der Waals surface area contributed by atoms with Gasteiger partial charge in [0, 0.05) is 12.1 Å². The molecule has 16 heavy (non-hydrogen) atoms. The van der Waals surface area contributed by atoms with Gasteiger partial charge in [0.25, 0.3) is 0 Å². The summed E-state index contributed by atoms with van der Waals surface area (Å²) in [5.41, 5.74) is 13.4. The molecule has 0 bridgehead atoms. The molecule has 0 aromatic heterocycles. The summed E-state index contributed by atoms with van der Waals surface area (Å²) in [5, 5.41) is 0. The third-order valence-corrected chi connectivity index (χ3v) is 2.07. The predicted octanol–water partition coefficient (Wildman–Crippen LogP) is 1.92. The molecule has 0 atom stereocenters. The molecule has 0 saturated heterocycles. The maximum atomic E-state index is 5.49. The molecular weight excluding hydrogens is 198 g/mol. The van der Waals surface area contributed by atoms with E-state index < -0.39 is 0 Å². The van der Waals surface area contributed by atoms with E-state index >= 15 is 0 Å². The second kappa shape index (κ2) is 6.58. The van der Waals surface area contributed by atoms with E-state index in [1.54, 1.807) is 6.08 Å². The molecule has 0 aliphatic carbocycles. The third-order valence-electron chi connectivity index (χ3n) is 2.07. The van der Waals surface area contributed by atoms with Gasteiger partial charge in [0.2, 0.25) is 0 Å². The Balaban J connectivity index is 2.85. The number of benzene rings is 1. The van der Waals surface area contributed by atoms with Gasteiger partial charge in [-0.25, -0.2) is 0 Å². The zero-order valence-electron chi connectivity index (χ0n) is 9.26. The van der Waals surface area contributed by atoms with Gasteiger partial charge in [0.1, 0.15) is 0 Å². The fourth-order valence-corrected chi connectivity index (χ4v) is 1.30. The maximum absolute atomic E-state index is 5.49. The van der Waals surface area contributed by atoms with E-state index in [9.17, 15) is 0 Å². The highest BCUT2D eigenvalue weighted by Crippen LogP contribution is 2.13. The molecule has 0 radical (unpaired) electrons. The van der Waals surface area contributed by atoms with Crippen LogP contribution in [0, 0.1) is 0 Å². The number of allylic oxidation sites excluding steroid dienone is 1. The first-order valence-corrected chi connectivity index (χ1v) is 5.18. The van der Waals surface area contributed by atoms with Crippen LogP contribution < -0.4 is 11.5 Å². The van der Waals surface area contributed by atoms with Crippen molar-refractivity contribution >= 4 is 11.4 Å². The van der Waals surface area contributed by atoms with Crippen molar-refractivity contribution < 1.29 is 0 Å². The van der Waals surface area contributed by atoms with Gasteiger partial charge in [-0.05, 0) is 24.4 Å². The van der Waals surface area contributed by atoms with Crippen molar-refractivity contribution in [3.05, 3.63) is 54.8 Å². The van der Waals surface area contributed by atoms with Gasteiger partial charge >= 0.3 is 0 Å². The molecule has 0 fully saturated rings. The number of aliphatic imine (C=N–C) groups is 1. The number of nitrogens with zero attached hydrogens (tertiary/aromatic N) is 1. The quantitative estimate of drug-likeness (QED) is 0.737. The molecule has 0 saturated carbocycles. The highest BCUT2D eigenvalue weighted by Gasteiger charge is 1.98. The van der Waals surface area contributed by atoms with E-state index in [0.29, 0.717) is 13.0 Å². The summed E-state index contributed by atoms with van der Waals surface area (Å²) in [6.07, 6.45) is 3.91. The molecule has 0 spiro atoms. The molecular formula is C13H17N3. The molecule has 0 heterocycles. The highest BCUT2D eigenvalue weighted by molar-refractivity contribution is 5.98. The minimum atomic E-state index is 0.547. The van der Waals surface area contributed by atoms with Gasteiger partial charge in [0.15, 0.2) is 0 Å². The Hall–Kier alpha value is -1.87. The van der Waals surface area contributed by atoms with E-state index in [2.05, 4.69) is 11.6 Å². The molecule has 3 nitrogen and oxygen atoms in total. The number of nitrogens with two attached hydrogens (primary N) is 2. The van der Waals surface area contributed by atoms with Crippen molar-refractivity contribution in [2.45, 2.75) is 6.42 Å². The van der Waals surface area contributed by atoms with Gasteiger partial charge in [-0.3, -0.25) is 4.99 Å². The zero-order valence-corrected chi connectivity index (χ0v) is 9.26. The standard InChI is InChI=1S/C13H17N3/c1-11(12-5-3-2-4-6-12)16-13(7-9-14)8-10-15/h2-7,9H,1,8,10,14-15H2/b9-7-,16-13+. The van der Waals surface area contributed by atoms with E-state index in [1.165, 1.54) is 6.20 Å². The Kier molecular flexibility index (Phi) is 5.02. The van der Waals surface area contributed by atoms with Crippen LogP contribution in [-0.4, -0.2) is 12.3 Å². The highest BCUT2D eigenvalue weighted by atomic mass is 14.8. The van der Waals surface area contributed by atoms with Crippen LogP contribution in [0.4, 0.5) is 0 Å². The predicted molar refractivity (Wildman–Crippen MR) is 69.9 cm³/mol. The zero-order chi connectivity index (χ0) is 11.8. The van der Waals surface area contributed by atoms with Crippen LogP contribution in [0.2, 0.25) is 0 Å². The number of hydrogen-bond acceptors (Lipinski definition) is 3. The van der Waals surface area contributed by atoms with Gasteiger partial charge < -0.3 is 11.5 Å². The van der Waals surface area contributed by atoms with E-state index in [0.717, 1.165) is 17.0 Å². The second-order valence-electron chi connectivity index (χ2n) is 3.31. The lowest BCUT2D eigenvalue weighted by Gasteiger charge is -2.03. The molecule has 0 aliphatic heterocycles. The lowest BCUT2D eigenvalue weighted by atomic mass is 10.1. The summed E-state index contributed by atoms with van der Waals surface area (Å²) in [4.78, 5) is 4.40. The SMILES string of the molecule is C=C(/N=C(\C=C/N)CCN)c1ccccc1. The minimum absolute atomic E-state index is 0.547. The average molecular weight is 215 g/mol. The van der Waals surface area contributed by atoms with Crippen LogP contribution in [0.3, 0.4) is 0 Å². The fourth-order valence-electron chi connectivity index (χ4n) is 1.30. The smallest absolute Gasteiger partial charge is 0.0633 e. The average Bonchev–Trinajstić information content (AvgIpc) is 2.31. The molecule has 0 unspecified atom stereocenters. The fraction of sp³-hybridized carbons (Fsp3) is 0.154. The van der Waals surface area contributed by atoms with Crippen LogP contribution in [0.25, 0.3) is 5.70 Å². The topological polar surface area (TPSA) is 64.4 Å². The second-order valence-corrected chi connectivity index (χ2v) is 3.31. The summed E-state index contributed by atoms with van der Waals surface area (Å²) in [5.74, 6) is 0. The van der Waals surface area contributed by atoms with Crippen molar-refractivity contribution in [2.24, 2.45) is 16.5 Å². The van der Waals surface area contributed by atoms with Crippen LogP contribution in [0.5, 0.6) is 0 Å². The Labute approximate surface area is 96.2 Å². The van der Waals surface area contributed by atoms with E-state index in [-0.39, 0.29) is 0 Å². The van der Waals surface area contributed by atoms with Gasteiger partial charge in [-0.1, -0.05) is 36.9 Å². The summed E-state index contributed by atoms with van der Waals surface area (Å²) in [7, 11) is 0. The van der Waals surface area contributed by atoms with Crippen LogP contribution >= 0.6 is 0 Å². The van der Waals surface area contributed by atoms with Crippen LogP contribution in [0.15, 0.2) is 54.2 Å². The number of hydrogen-bond donors (Lipinski definition) is 2. The first kappa shape index (κ1) is 12.2. The van der Waals surface area contributed by atoms with Crippen molar-refractivity contribution in [3.63, 3.8) is 0 Å². The first-order valence-electron chi connectivity index (χ1n) is 5.18. The molecule has 1 rings (SSSR count). The monoisotopic (exact) mass is 215 g/mol. The largest absolute Gasteiger partial charge is 0.405 e. The van der Waals surface area contributed by atoms with E-state index in [4.69, 9.17) is 11.5 Å². The molecule has 0 amide bonds. The van der Waals surface area contributed by atoms with Gasteiger partial charge in [-0.2, -0.15) is 0 Å². The summed E-state index contributed by atoms with van der Waals surface area (Å²) in [6.45, 7) is 4.47. The van der Waals surface area contributed by atoms with Crippen LogP contribution in [0.1, 0.15) is 12.0 Å². The van der Waals surface area contributed by atoms with Crippen molar-refractivity contribution in [2.75, 3.05) is 6.54 Å². The Morgan fingerprint density at radius 3 is 2.56 bits per heavy atom. The van der Waals surface area contributed by atoms with Crippen LogP contribution in [-0.2, 0) is 0 Å². The Bertz CT molecular complexity index is 391. The molecule has 3 heteroatoms. The molecule has 1 aromatic rings. The third kappa shape index (κ3) is 3.71. The summed E-state index contributed by atoms with van der Waals surface area (Å²) in [6, 6.07) is 9.81.